The van der Waals surface area contributed by atoms with Crippen LogP contribution in [0.4, 0.5) is 5.69 Å². The Morgan fingerprint density at radius 3 is 1.94 bits per heavy atom. The topological polar surface area (TPSA) is 41.0 Å². The van der Waals surface area contributed by atoms with Crippen molar-refractivity contribution in [2.24, 2.45) is 4.99 Å². The summed E-state index contributed by atoms with van der Waals surface area (Å²) in [6.07, 6.45) is 1.84. The summed E-state index contributed by atoms with van der Waals surface area (Å²) in [5.41, 5.74) is 8.72. The van der Waals surface area contributed by atoms with Gasteiger partial charge in [0, 0.05) is 11.1 Å². The lowest BCUT2D eigenvalue weighted by molar-refractivity contribution is 0.591. The van der Waals surface area contributed by atoms with Crippen molar-refractivity contribution in [2.45, 2.75) is 26.2 Å². The average molecular weight is 430 g/mol. The van der Waals surface area contributed by atoms with Gasteiger partial charge in [-0.05, 0) is 28.2 Å². The summed E-state index contributed by atoms with van der Waals surface area (Å²) in [5, 5.41) is 0. The van der Waals surface area contributed by atoms with Crippen LogP contribution in [-0.4, -0.2) is 16.2 Å². The zero-order valence-corrected chi connectivity index (χ0v) is 19.2. The molecular weight excluding hydrogens is 402 g/mol. The molecule has 0 unspecified atom stereocenters. The summed E-state index contributed by atoms with van der Waals surface area (Å²) in [6, 6.07) is 33.5. The molecule has 0 atom stereocenters. The highest BCUT2D eigenvalue weighted by Crippen LogP contribution is 2.35. The molecule has 0 fully saturated rings. The molecule has 4 aromatic carbocycles. The third kappa shape index (κ3) is 4.22. The van der Waals surface area contributed by atoms with Crippen molar-refractivity contribution < 1.29 is 0 Å². The Labute approximate surface area is 194 Å². The maximum absolute atomic E-state index is 4.98. The van der Waals surface area contributed by atoms with Crippen LogP contribution in [0.15, 0.2) is 102 Å². The van der Waals surface area contributed by atoms with Crippen molar-refractivity contribution >= 4 is 22.9 Å². The molecule has 0 saturated carbocycles. The third-order valence-corrected chi connectivity index (χ3v) is 5.87. The fourth-order valence-corrected chi connectivity index (χ4v) is 4.23. The molecule has 5 aromatic rings. The van der Waals surface area contributed by atoms with Gasteiger partial charge >= 0.3 is 0 Å². The summed E-state index contributed by atoms with van der Waals surface area (Å²) in [7, 11) is 0. The second kappa shape index (κ2) is 8.51. The van der Waals surface area contributed by atoms with Crippen LogP contribution in [0.1, 0.15) is 32.2 Å². The number of aromatic nitrogens is 2. The van der Waals surface area contributed by atoms with E-state index in [2.05, 4.69) is 105 Å². The highest BCUT2D eigenvalue weighted by molar-refractivity contribution is 6.02. The number of hydrogen-bond donors (Lipinski definition) is 1. The van der Waals surface area contributed by atoms with E-state index in [4.69, 9.17) is 9.98 Å². The number of H-pyrrole nitrogens is 1. The largest absolute Gasteiger partial charge is 0.337 e. The summed E-state index contributed by atoms with van der Waals surface area (Å²) in [6.45, 7) is 6.63. The molecule has 0 aliphatic carbocycles. The van der Waals surface area contributed by atoms with Gasteiger partial charge in [0.1, 0.15) is 5.82 Å². The van der Waals surface area contributed by atoms with Gasteiger partial charge < -0.3 is 4.98 Å². The third-order valence-electron chi connectivity index (χ3n) is 5.87. The molecule has 1 heterocycles. The number of aliphatic imine (C=N–C) groups is 1. The standard InChI is InChI=1S/C30H27N3/c1-30(2,3)25-16-10-11-17-26(25)31-20-27-32-28-23(21-12-6-4-7-13-21)18-19-24(29(28)33-27)22-14-8-5-9-15-22/h4-20H,1-3H3,(H,32,33). The summed E-state index contributed by atoms with van der Waals surface area (Å²) < 4.78 is 0. The van der Waals surface area contributed by atoms with Gasteiger partial charge in [-0.25, -0.2) is 4.98 Å². The number of nitrogens with zero attached hydrogens (tertiary/aromatic N) is 2. The van der Waals surface area contributed by atoms with E-state index in [-0.39, 0.29) is 5.41 Å². The van der Waals surface area contributed by atoms with Crippen molar-refractivity contribution in [3.8, 4) is 22.3 Å². The molecule has 1 N–H and O–H groups in total. The van der Waals surface area contributed by atoms with Gasteiger partial charge in [-0.3, -0.25) is 4.99 Å². The van der Waals surface area contributed by atoms with Crippen LogP contribution in [-0.2, 0) is 5.41 Å². The molecule has 0 saturated heterocycles. The van der Waals surface area contributed by atoms with Crippen LogP contribution >= 0.6 is 0 Å². The zero-order valence-electron chi connectivity index (χ0n) is 19.2. The minimum atomic E-state index is 0.0166. The van der Waals surface area contributed by atoms with Crippen LogP contribution < -0.4 is 0 Å². The van der Waals surface area contributed by atoms with E-state index in [9.17, 15) is 0 Å². The number of benzene rings is 4. The molecular formula is C30H27N3. The van der Waals surface area contributed by atoms with Crippen LogP contribution in [0.2, 0.25) is 0 Å². The monoisotopic (exact) mass is 429 g/mol. The molecule has 0 aliphatic heterocycles. The summed E-state index contributed by atoms with van der Waals surface area (Å²) in [4.78, 5) is 13.3. The van der Waals surface area contributed by atoms with Gasteiger partial charge in [0.15, 0.2) is 0 Å². The van der Waals surface area contributed by atoms with Gasteiger partial charge in [-0.2, -0.15) is 0 Å². The van der Waals surface area contributed by atoms with Crippen molar-refractivity contribution in [2.75, 3.05) is 0 Å². The van der Waals surface area contributed by atoms with Crippen molar-refractivity contribution in [1.29, 1.82) is 0 Å². The van der Waals surface area contributed by atoms with Gasteiger partial charge in [-0.1, -0.05) is 112 Å². The molecule has 5 rings (SSSR count). The molecule has 0 bridgehead atoms. The zero-order chi connectivity index (χ0) is 22.8. The first-order chi connectivity index (χ1) is 16.0. The SMILES string of the molecule is CC(C)(C)c1ccccc1N=Cc1nc2c(-c3ccccc3)ccc(-c3ccccc3)c2[nH]1. The van der Waals surface area contributed by atoms with Gasteiger partial charge in [0.05, 0.1) is 22.9 Å². The normalized spacial score (nSPS) is 12.0. The second-order valence-corrected chi connectivity index (χ2v) is 9.26. The maximum Gasteiger partial charge on any atom is 0.149 e. The number of hydrogen-bond acceptors (Lipinski definition) is 2. The lowest BCUT2D eigenvalue weighted by Crippen LogP contribution is -2.11. The molecule has 0 amide bonds. The van der Waals surface area contributed by atoms with E-state index in [1.807, 2.05) is 24.4 Å². The molecule has 1 aromatic heterocycles. The minimum Gasteiger partial charge on any atom is -0.337 e. The molecule has 162 valence electrons. The highest BCUT2D eigenvalue weighted by Gasteiger charge is 2.17. The first-order valence-corrected chi connectivity index (χ1v) is 11.3. The molecule has 0 spiro atoms. The van der Waals surface area contributed by atoms with Gasteiger partial charge in [0.25, 0.3) is 0 Å². The Morgan fingerprint density at radius 2 is 1.27 bits per heavy atom. The first kappa shape index (κ1) is 20.9. The summed E-state index contributed by atoms with van der Waals surface area (Å²) in [5.74, 6) is 0.745. The molecule has 3 heteroatoms. The fourth-order valence-electron chi connectivity index (χ4n) is 4.23. The van der Waals surface area contributed by atoms with E-state index in [1.54, 1.807) is 0 Å². The molecule has 0 radical (unpaired) electrons. The number of nitrogens with one attached hydrogen (secondary N) is 1. The van der Waals surface area contributed by atoms with Crippen LogP contribution in [0, 0.1) is 0 Å². The fraction of sp³-hybridized carbons (Fsp3) is 0.133. The first-order valence-electron chi connectivity index (χ1n) is 11.3. The number of rotatable bonds is 4. The van der Waals surface area contributed by atoms with E-state index in [0.29, 0.717) is 0 Å². The lowest BCUT2D eigenvalue weighted by Gasteiger charge is -2.20. The van der Waals surface area contributed by atoms with E-state index >= 15 is 0 Å². The highest BCUT2D eigenvalue weighted by atomic mass is 14.9. The quantitative estimate of drug-likeness (QED) is 0.289. The van der Waals surface area contributed by atoms with Gasteiger partial charge in [-0.15, -0.1) is 0 Å². The van der Waals surface area contributed by atoms with Crippen molar-refractivity contribution in [3.63, 3.8) is 0 Å². The smallest absolute Gasteiger partial charge is 0.149 e. The molecule has 3 nitrogen and oxygen atoms in total. The Balaban J connectivity index is 1.65. The Morgan fingerprint density at radius 1 is 0.697 bits per heavy atom. The summed E-state index contributed by atoms with van der Waals surface area (Å²) >= 11 is 0. The molecule has 0 aliphatic rings. The lowest BCUT2D eigenvalue weighted by atomic mass is 9.86. The van der Waals surface area contributed by atoms with Crippen molar-refractivity contribution in [1.82, 2.24) is 9.97 Å². The molecule has 33 heavy (non-hydrogen) atoms. The predicted octanol–water partition coefficient (Wildman–Crippen LogP) is 7.95. The Bertz CT molecular complexity index is 1350. The Kier molecular flexibility index (Phi) is 5.39. The predicted molar refractivity (Wildman–Crippen MR) is 139 cm³/mol. The number of para-hydroxylation sites is 1. The number of fused-ring (bicyclic) bond motifs is 1. The van der Waals surface area contributed by atoms with Gasteiger partial charge in [0.2, 0.25) is 0 Å². The second-order valence-electron chi connectivity index (χ2n) is 9.26. The number of aromatic amines is 1. The van der Waals surface area contributed by atoms with Crippen molar-refractivity contribution in [3.05, 3.63) is 108 Å². The Hall–Kier alpha value is -3.98. The van der Waals surface area contributed by atoms with Crippen LogP contribution in [0.5, 0.6) is 0 Å². The van der Waals surface area contributed by atoms with E-state index < -0.39 is 0 Å². The van der Waals surface area contributed by atoms with E-state index in [1.165, 1.54) is 5.56 Å². The van der Waals surface area contributed by atoms with Crippen LogP contribution in [0.3, 0.4) is 0 Å². The van der Waals surface area contributed by atoms with E-state index in [0.717, 1.165) is 44.8 Å². The number of imidazole rings is 1. The minimum absolute atomic E-state index is 0.0166. The van der Waals surface area contributed by atoms with Crippen LogP contribution in [0.25, 0.3) is 33.3 Å². The average Bonchev–Trinajstić information content (AvgIpc) is 3.27. The maximum atomic E-state index is 4.98.